The minimum absolute atomic E-state index is 0.161. The summed E-state index contributed by atoms with van der Waals surface area (Å²) in [5, 5.41) is 9.56. The highest BCUT2D eigenvalue weighted by atomic mass is 35.5. The molecule has 0 saturated heterocycles. The summed E-state index contributed by atoms with van der Waals surface area (Å²) in [7, 11) is 1.77. The Kier molecular flexibility index (Phi) is 10.8. The maximum atomic E-state index is 13.2. The largest absolute Gasteiger partial charge is 0.417 e. The van der Waals surface area contributed by atoms with E-state index in [1.54, 1.807) is 36.0 Å². The van der Waals surface area contributed by atoms with Crippen LogP contribution in [0.3, 0.4) is 0 Å². The van der Waals surface area contributed by atoms with Crippen LogP contribution in [0.15, 0.2) is 72.9 Å². The van der Waals surface area contributed by atoms with Gasteiger partial charge in [-0.15, -0.1) is 0 Å². The molecular weight excluding hydrogens is 624 g/mol. The van der Waals surface area contributed by atoms with Crippen molar-refractivity contribution in [2.24, 2.45) is 7.05 Å². The van der Waals surface area contributed by atoms with E-state index in [2.05, 4.69) is 34.8 Å². The fourth-order valence-electron chi connectivity index (χ4n) is 5.72. The monoisotopic (exact) mass is 664 g/mol. The number of carbonyl (C=O) groups excluding carboxylic acids is 2. The number of aryl methyl sites for hydroxylation is 5. The number of para-hydroxylation sites is 2. The zero-order valence-electron chi connectivity index (χ0n) is 28.2. The van der Waals surface area contributed by atoms with Gasteiger partial charge in [0.25, 0.3) is 5.91 Å². The van der Waals surface area contributed by atoms with E-state index in [0.29, 0.717) is 22.9 Å². The van der Waals surface area contributed by atoms with Crippen molar-refractivity contribution >= 4 is 46.6 Å². The third-order valence-electron chi connectivity index (χ3n) is 8.45. The van der Waals surface area contributed by atoms with Gasteiger partial charge < -0.3 is 19.9 Å². The molecule has 3 N–H and O–H groups in total. The van der Waals surface area contributed by atoms with Crippen molar-refractivity contribution in [1.82, 2.24) is 14.5 Å². The van der Waals surface area contributed by atoms with E-state index < -0.39 is 6.09 Å². The Labute approximate surface area is 286 Å². The number of anilines is 4. The number of hydrogen-bond acceptors (Lipinski definition) is 6. The average Bonchev–Trinajstić information content (AvgIpc) is 3.37. The molecule has 5 rings (SSSR count). The molecule has 2 amide bonds. The molecule has 3 aromatic carbocycles. The average molecular weight is 665 g/mol. The van der Waals surface area contributed by atoms with Crippen LogP contribution in [0.2, 0.25) is 5.15 Å². The quantitative estimate of drug-likeness (QED) is 0.130. The molecule has 0 saturated carbocycles. The van der Waals surface area contributed by atoms with E-state index in [-0.39, 0.29) is 16.8 Å². The lowest BCUT2D eigenvalue weighted by Gasteiger charge is -2.15. The van der Waals surface area contributed by atoms with Crippen LogP contribution in [-0.4, -0.2) is 26.5 Å². The van der Waals surface area contributed by atoms with Gasteiger partial charge in [-0.25, -0.2) is 14.8 Å². The van der Waals surface area contributed by atoms with E-state index in [1.807, 2.05) is 69.3 Å². The van der Waals surface area contributed by atoms with Crippen LogP contribution in [0, 0.1) is 6.92 Å². The minimum atomic E-state index is -0.623. The number of rotatable bonds is 11. The molecule has 0 aliphatic carbocycles. The number of amides is 2. The van der Waals surface area contributed by atoms with Crippen molar-refractivity contribution in [2.45, 2.75) is 60.3 Å². The summed E-state index contributed by atoms with van der Waals surface area (Å²) in [5.74, 6) is 0.411. The Bertz CT molecular complexity index is 1920. The molecule has 0 aliphatic heterocycles. The Hall–Kier alpha value is -5.15. The standard InChI is InChI=1S/C38H41ClN6O3/c1-7-24-13-11-14-25(8-2)33(24)43-36(46)28-17-18-29(23(5)21-28)41-37-40-20-19-30(42-37)31-22-32(35(39)45(31)6)48-38(47)44-34-26(9-3)15-12-16-27(34)10-4/h11-22H,7-10H2,1-6H3,(H,43,46)(H,44,47)(H,40,41,42). The summed E-state index contributed by atoms with van der Waals surface area (Å²) in [5.41, 5.74) is 9.33. The van der Waals surface area contributed by atoms with Crippen molar-refractivity contribution in [3.63, 3.8) is 0 Å². The van der Waals surface area contributed by atoms with Crippen LogP contribution in [0.5, 0.6) is 5.75 Å². The number of carbonyl (C=O) groups is 2. The van der Waals surface area contributed by atoms with Crippen molar-refractivity contribution in [2.75, 3.05) is 16.0 Å². The first-order valence-corrected chi connectivity index (χ1v) is 16.6. The Morgan fingerprint density at radius 2 is 1.40 bits per heavy atom. The summed E-state index contributed by atoms with van der Waals surface area (Å²) >= 11 is 6.61. The molecule has 0 aliphatic rings. The van der Waals surface area contributed by atoms with Gasteiger partial charge in [0.15, 0.2) is 10.9 Å². The molecule has 0 atom stereocenters. The fourth-order valence-corrected chi connectivity index (χ4v) is 5.90. The van der Waals surface area contributed by atoms with Gasteiger partial charge in [-0.3, -0.25) is 10.1 Å². The highest BCUT2D eigenvalue weighted by molar-refractivity contribution is 6.31. The molecule has 0 unspecified atom stereocenters. The number of hydrogen-bond donors (Lipinski definition) is 3. The molecular formula is C38H41ClN6O3. The Morgan fingerprint density at radius 3 is 1.96 bits per heavy atom. The lowest BCUT2D eigenvalue weighted by atomic mass is 10.0. The van der Waals surface area contributed by atoms with Gasteiger partial charge in [0, 0.05) is 36.2 Å². The molecule has 5 aromatic rings. The van der Waals surface area contributed by atoms with Crippen LogP contribution in [-0.2, 0) is 32.7 Å². The van der Waals surface area contributed by atoms with Crippen molar-refractivity contribution in [3.8, 4) is 17.1 Å². The second-order valence-electron chi connectivity index (χ2n) is 11.4. The first-order valence-electron chi connectivity index (χ1n) is 16.2. The summed E-state index contributed by atoms with van der Waals surface area (Å²) < 4.78 is 7.37. The molecule has 2 heterocycles. The predicted octanol–water partition coefficient (Wildman–Crippen LogP) is 9.30. The minimum Gasteiger partial charge on any atom is -0.407 e. The molecule has 0 radical (unpaired) electrons. The van der Waals surface area contributed by atoms with Gasteiger partial charge in [0.2, 0.25) is 5.95 Å². The molecule has 0 spiro atoms. The fraction of sp³-hybridized carbons (Fsp3) is 0.263. The second-order valence-corrected chi connectivity index (χ2v) is 11.8. The van der Waals surface area contributed by atoms with Crippen LogP contribution >= 0.6 is 11.6 Å². The van der Waals surface area contributed by atoms with Crippen LogP contribution in [0.25, 0.3) is 11.4 Å². The number of ether oxygens (including phenoxy) is 1. The van der Waals surface area contributed by atoms with Crippen LogP contribution in [0.4, 0.5) is 27.8 Å². The Balaban J connectivity index is 1.31. The first kappa shape index (κ1) is 34.2. The maximum Gasteiger partial charge on any atom is 0.417 e. The Morgan fingerprint density at radius 1 is 0.812 bits per heavy atom. The van der Waals surface area contributed by atoms with Gasteiger partial charge in [-0.2, -0.15) is 0 Å². The lowest BCUT2D eigenvalue weighted by molar-refractivity contribution is 0.102. The van der Waals surface area contributed by atoms with E-state index in [0.717, 1.165) is 70.6 Å². The van der Waals surface area contributed by atoms with E-state index in [9.17, 15) is 9.59 Å². The molecule has 0 bridgehead atoms. The van der Waals surface area contributed by atoms with Crippen LogP contribution < -0.4 is 20.7 Å². The smallest absolute Gasteiger partial charge is 0.407 e. The van der Waals surface area contributed by atoms with Crippen LogP contribution in [0.1, 0.15) is 65.9 Å². The summed E-state index contributed by atoms with van der Waals surface area (Å²) in [4.78, 5) is 35.3. The molecule has 248 valence electrons. The van der Waals surface area contributed by atoms with E-state index in [1.165, 1.54) is 0 Å². The van der Waals surface area contributed by atoms with Gasteiger partial charge in [-0.05, 0) is 84.7 Å². The highest BCUT2D eigenvalue weighted by Gasteiger charge is 2.20. The van der Waals surface area contributed by atoms with Crippen molar-refractivity contribution in [1.29, 1.82) is 0 Å². The zero-order chi connectivity index (χ0) is 34.4. The molecule has 48 heavy (non-hydrogen) atoms. The van der Waals surface area contributed by atoms with Gasteiger partial charge in [-0.1, -0.05) is 75.7 Å². The number of halogens is 1. The van der Waals surface area contributed by atoms with Gasteiger partial charge >= 0.3 is 6.09 Å². The first-order chi connectivity index (χ1) is 23.2. The van der Waals surface area contributed by atoms with Gasteiger partial charge in [0.1, 0.15) is 0 Å². The molecule has 2 aromatic heterocycles. The third-order valence-corrected chi connectivity index (χ3v) is 8.89. The molecule has 9 nitrogen and oxygen atoms in total. The lowest BCUT2D eigenvalue weighted by Crippen LogP contribution is -2.19. The number of nitrogens with one attached hydrogen (secondary N) is 3. The number of aromatic nitrogens is 3. The van der Waals surface area contributed by atoms with Crippen molar-refractivity contribution in [3.05, 3.63) is 111 Å². The predicted molar refractivity (Wildman–Crippen MR) is 194 cm³/mol. The molecule has 0 fully saturated rings. The second kappa shape index (κ2) is 15.2. The number of benzene rings is 3. The molecule has 10 heteroatoms. The summed E-state index contributed by atoms with van der Waals surface area (Å²) in [6.45, 7) is 10.2. The third kappa shape index (κ3) is 7.37. The zero-order valence-corrected chi connectivity index (χ0v) is 29.0. The summed E-state index contributed by atoms with van der Waals surface area (Å²) in [6, 6.07) is 21.0. The SMILES string of the molecule is CCc1cccc(CC)c1NC(=O)Oc1cc(-c2ccnc(Nc3ccc(C(=O)Nc4c(CC)cccc4CC)cc3C)n2)n(C)c1Cl. The van der Waals surface area contributed by atoms with Gasteiger partial charge in [0.05, 0.1) is 17.1 Å². The summed E-state index contributed by atoms with van der Waals surface area (Å²) in [6.07, 6.45) is 4.23. The highest BCUT2D eigenvalue weighted by Crippen LogP contribution is 2.34. The maximum absolute atomic E-state index is 13.2. The number of nitrogens with zero attached hydrogens (tertiary/aromatic N) is 3. The van der Waals surface area contributed by atoms with E-state index in [4.69, 9.17) is 21.3 Å². The normalized spacial score (nSPS) is 10.9. The van der Waals surface area contributed by atoms with E-state index >= 15 is 0 Å². The topological polar surface area (TPSA) is 110 Å². The van der Waals surface area contributed by atoms with Crippen molar-refractivity contribution < 1.29 is 14.3 Å².